The van der Waals surface area contributed by atoms with E-state index in [0.29, 0.717) is 0 Å². The summed E-state index contributed by atoms with van der Waals surface area (Å²) in [5.41, 5.74) is 1.66. The molecular weight excluding hydrogens is 330 g/mol. The van der Waals surface area contributed by atoms with Crippen molar-refractivity contribution in [1.82, 2.24) is 4.90 Å². The molecule has 0 aromatic rings. The highest BCUT2D eigenvalue weighted by Crippen LogP contribution is 2.53. The van der Waals surface area contributed by atoms with Crippen molar-refractivity contribution in [1.29, 1.82) is 0 Å². The lowest BCUT2D eigenvalue weighted by Crippen LogP contribution is -2.49. The van der Waals surface area contributed by atoms with Gasteiger partial charge in [0.05, 0.1) is 18.1 Å². The highest BCUT2D eigenvalue weighted by atomic mass is 16.6. The Labute approximate surface area is 155 Å². The molecule has 1 saturated carbocycles. The van der Waals surface area contributed by atoms with Gasteiger partial charge in [-0.2, -0.15) is 0 Å². The van der Waals surface area contributed by atoms with E-state index in [4.69, 9.17) is 9.47 Å². The lowest BCUT2D eigenvalue weighted by Gasteiger charge is -2.43. The van der Waals surface area contributed by atoms with Crippen LogP contribution in [0.1, 0.15) is 40.5 Å². The molecule has 26 heavy (non-hydrogen) atoms. The first kappa shape index (κ1) is 17.9. The second-order valence-electron chi connectivity index (χ2n) is 8.80. The van der Waals surface area contributed by atoms with Gasteiger partial charge in [-0.1, -0.05) is 13.0 Å². The highest BCUT2D eigenvalue weighted by Gasteiger charge is 2.54. The number of rotatable bonds is 2. The minimum atomic E-state index is -0.240. The second-order valence-corrected chi connectivity index (χ2v) is 8.80. The summed E-state index contributed by atoms with van der Waals surface area (Å²) < 4.78 is 11.7. The van der Waals surface area contributed by atoms with Crippen LogP contribution in [0.4, 0.5) is 0 Å². The fourth-order valence-electron chi connectivity index (χ4n) is 5.49. The van der Waals surface area contributed by atoms with Crippen LogP contribution in [0.15, 0.2) is 23.3 Å². The summed E-state index contributed by atoms with van der Waals surface area (Å²) in [6.07, 6.45) is 5.76. The van der Waals surface area contributed by atoms with Gasteiger partial charge in [-0.05, 0) is 45.3 Å². The molecule has 0 N–H and O–H groups in total. The van der Waals surface area contributed by atoms with Gasteiger partial charge in [0.15, 0.2) is 5.78 Å². The summed E-state index contributed by atoms with van der Waals surface area (Å²) >= 11 is 0. The van der Waals surface area contributed by atoms with E-state index in [0.717, 1.165) is 43.6 Å². The molecule has 2 aliphatic carbocycles. The highest BCUT2D eigenvalue weighted by molar-refractivity contribution is 6.05. The van der Waals surface area contributed by atoms with E-state index >= 15 is 0 Å². The summed E-state index contributed by atoms with van der Waals surface area (Å²) in [6.45, 7) is 10.6. The summed E-state index contributed by atoms with van der Waals surface area (Å²) in [6, 6.07) is 0. The van der Waals surface area contributed by atoms with Crippen molar-refractivity contribution in [2.45, 2.75) is 58.8 Å². The zero-order valence-electron chi connectivity index (χ0n) is 16.2. The normalized spacial score (nSPS) is 43.3. The number of nitrogens with zero attached hydrogens (tertiary/aromatic N) is 1. The van der Waals surface area contributed by atoms with E-state index in [1.807, 2.05) is 13.0 Å². The number of morpholine rings is 1. The van der Waals surface area contributed by atoms with Crippen molar-refractivity contribution < 1.29 is 19.1 Å². The number of allylic oxidation sites excluding steroid dienone is 3. The molecular formula is C21H29NO4. The van der Waals surface area contributed by atoms with Crippen LogP contribution in [0.3, 0.4) is 0 Å². The Balaban J connectivity index is 1.57. The van der Waals surface area contributed by atoms with Crippen molar-refractivity contribution in [2.24, 2.45) is 17.3 Å². The molecule has 0 spiro atoms. The third-order valence-corrected chi connectivity index (χ3v) is 6.67. The number of hydrogen-bond donors (Lipinski definition) is 0. The Morgan fingerprint density at radius 3 is 2.62 bits per heavy atom. The second kappa shape index (κ2) is 6.31. The molecule has 0 amide bonds. The summed E-state index contributed by atoms with van der Waals surface area (Å²) in [5.74, 6) is 0.0171. The van der Waals surface area contributed by atoms with Gasteiger partial charge in [-0.15, -0.1) is 0 Å². The lowest BCUT2D eigenvalue weighted by atomic mass is 9.61. The van der Waals surface area contributed by atoms with Gasteiger partial charge < -0.3 is 9.47 Å². The Morgan fingerprint density at radius 2 is 1.92 bits per heavy atom. The molecule has 4 rings (SSSR count). The standard InChI is InChI=1S/C21H29NO4/c1-12-9-22(10-13(2)25-12)11-16-15-5-7-21(4)8-6-17(23)14(3)18(21)19(15)26-20(16)24/h6,8,12-13,15-16,19H,5,7,9-11H2,1-4H3/t12-,13-,15+,16-,19-,21-/m1/s1. The predicted octanol–water partition coefficient (Wildman–Crippen LogP) is 2.51. The molecule has 5 nitrogen and oxygen atoms in total. The predicted molar refractivity (Wildman–Crippen MR) is 97.5 cm³/mol. The molecule has 2 aliphatic heterocycles. The fourth-order valence-corrected chi connectivity index (χ4v) is 5.49. The maximum absolute atomic E-state index is 12.7. The average Bonchev–Trinajstić information content (AvgIpc) is 2.86. The molecule has 2 heterocycles. The van der Waals surface area contributed by atoms with E-state index in [2.05, 4.69) is 25.7 Å². The third kappa shape index (κ3) is 2.85. The summed E-state index contributed by atoms with van der Waals surface area (Å²) in [7, 11) is 0. The SMILES string of the molecule is CC1=C2[C@@H]3OC(=O)[C@H](CN4C[C@@H](C)O[C@H](C)C4)[C@@H]3CC[C@]2(C)C=CC1=O. The first-order chi connectivity index (χ1) is 12.3. The largest absolute Gasteiger partial charge is 0.457 e. The van der Waals surface area contributed by atoms with Gasteiger partial charge >= 0.3 is 5.97 Å². The molecule has 0 bridgehead atoms. The third-order valence-electron chi connectivity index (χ3n) is 6.67. The molecule has 0 unspecified atom stereocenters. The molecule has 0 radical (unpaired) electrons. The Kier molecular flexibility index (Phi) is 4.35. The van der Waals surface area contributed by atoms with Crippen LogP contribution in [0, 0.1) is 17.3 Å². The monoisotopic (exact) mass is 359 g/mol. The van der Waals surface area contributed by atoms with E-state index in [-0.39, 0.29) is 47.3 Å². The van der Waals surface area contributed by atoms with Crippen LogP contribution in [0.25, 0.3) is 0 Å². The van der Waals surface area contributed by atoms with Crippen LogP contribution in [-0.4, -0.2) is 54.6 Å². The maximum Gasteiger partial charge on any atom is 0.311 e. The zero-order valence-corrected chi connectivity index (χ0v) is 16.2. The number of hydrogen-bond acceptors (Lipinski definition) is 5. The molecule has 0 aromatic carbocycles. The van der Waals surface area contributed by atoms with E-state index in [1.54, 1.807) is 6.08 Å². The lowest BCUT2D eigenvalue weighted by molar-refractivity contribution is -0.145. The number of carbonyl (C=O) groups excluding carboxylic acids is 2. The van der Waals surface area contributed by atoms with Crippen LogP contribution >= 0.6 is 0 Å². The topological polar surface area (TPSA) is 55.8 Å². The number of carbonyl (C=O) groups is 2. The van der Waals surface area contributed by atoms with Crippen LogP contribution in [0.2, 0.25) is 0 Å². The van der Waals surface area contributed by atoms with Gasteiger partial charge in [-0.3, -0.25) is 14.5 Å². The Morgan fingerprint density at radius 1 is 1.23 bits per heavy atom. The first-order valence-electron chi connectivity index (χ1n) is 9.81. The molecule has 5 heteroatoms. The van der Waals surface area contributed by atoms with Gasteiger partial charge in [0.25, 0.3) is 0 Å². The summed E-state index contributed by atoms with van der Waals surface area (Å²) in [5, 5.41) is 0. The van der Waals surface area contributed by atoms with E-state index < -0.39 is 0 Å². The van der Waals surface area contributed by atoms with Crippen LogP contribution in [-0.2, 0) is 19.1 Å². The van der Waals surface area contributed by atoms with Gasteiger partial charge in [0, 0.05) is 36.5 Å². The van der Waals surface area contributed by atoms with Gasteiger partial charge in [0.2, 0.25) is 0 Å². The molecule has 142 valence electrons. The fraction of sp³-hybridized carbons (Fsp3) is 0.714. The van der Waals surface area contributed by atoms with Gasteiger partial charge in [0.1, 0.15) is 6.10 Å². The minimum absolute atomic E-state index is 0.0495. The van der Waals surface area contributed by atoms with Crippen molar-refractivity contribution in [2.75, 3.05) is 19.6 Å². The molecule has 4 aliphatic rings. The first-order valence-corrected chi connectivity index (χ1v) is 9.81. The number of ketones is 1. The Bertz CT molecular complexity index is 686. The number of ether oxygens (including phenoxy) is 2. The quantitative estimate of drug-likeness (QED) is 0.709. The molecule has 2 saturated heterocycles. The van der Waals surface area contributed by atoms with Gasteiger partial charge in [-0.25, -0.2) is 0 Å². The number of esters is 1. The van der Waals surface area contributed by atoms with Crippen molar-refractivity contribution >= 4 is 11.8 Å². The number of fused-ring (bicyclic) bond motifs is 3. The van der Waals surface area contributed by atoms with Crippen molar-refractivity contribution in [3.05, 3.63) is 23.3 Å². The molecule has 3 fully saturated rings. The van der Waals surface area contributed by atoms with Crippen molar-refractivity contribution in [3.63, 3.8) is 0 Å². The Hall–Kier alpha value is -1.46. The smallest absolute Gasteiger partial charge is 0.311 e. The average molecular weight is 359 g/mol. The van der Waals surface area contributed by atoms with E-state index in [1.165, 1.54) is 0 Å². The van der Waals surface area contributed by atoms with Crippen LogP contribution < -0.4 is 0 Å². The van der Waals surface area contributed by atoms with Crippen LogP contribution in [0.5, 0.6) is 0 Å². The zero-order chi connectivity index (χ0) is 18.6. The van der Waals surface area contributed by atoms with E-state index in [9.17, 15) is 9.59 Å². The van der Waals surface area contributed by atoms with Crippen molar-refractivity contribution in [3.8, 4) is 0 Å². The molecule has 6 atom stereocenters. The summed E-state index contributed by atoms with van der Waals surface area (Å²) in [4.78, 5) is 27.3. The molecule has 0 aromatic heterocycles. The minimum Gasteiger partial charge on any atom is -0.457 e. The maximum atomic E-state index is 12.7.